The van der Waals surface area contributed by atoms with E-state index in [0.717, 1.165) is 5.56 Å². The number of nitrogens with zero attached hydrogens (tertiary/aromatic N) is 1. The van der Waals surface area contributed by atoms with E-state index in [0.29, 0.717) is 16.4 Å². The molecule has 102 valence electrons. The van der Waals surface area contributed by atoms with Gasteiger partial charge in [-0.15, -0.1) is 0 Å². The summed E-state index contributed by atoms with van der Waals surface area (Å²) in [6.07, 6.45) is 0.219. The summed E-state index contributed by atoms with van der Waals surface area (Å²) in [6, 6.07) is 4.75. The van der Waals surface area contributed by atoms with E-state index in [1.165, 1.54) is 6.92 Å². The highest BCUT2D eigenvalue weighted by Gasteiger charge is 2.06. The summed E-state index contributed by atoms with van der Waals surface area (Å²) in [7, 11) is 0. The van der Waals surface area contributed by atoms with Crippen molar-refractivity contribution in [1.82, 2.24) is 5.43 Å². The average Bonchev–Trinajstić information content (AvgIpc) is 2.32. The highest BCUT2D eigenvalue weighted by atomic mass is 35.5. The highest BCUT2D eigenvalue weighted by molar-refractivity contribution is 6.31. The first-order valence-electron chi connectivity index (χ1n) is 5.75. The Hall–Kier alpha value is -1.88. The van der Waals surface area contributed by atoms with E-state index in [-0.39, 0.29) is 12.2 Å². The molecule has 0 saturated heterocycles. The van der Waals surface area contributed by atoms with E-state index in [4.69, 9.17) is 11.6 Å². The maximum absolute atomic E-state index is 11.6. The van der Waals surface area contributed by atoms with Gasteiger partial charge in [0, 0.05) is 22.8 Å². The summed E-state index contributed by atoms with van der Waals surface area (Å²) in [6.45, 7) is 4.95. The lowest BCUT2D eigenvalue weighted by molar-refractivity contribution is -0.115. The van der Waals surface area contributed by atoms with Crippen molar-refractivity contribution in [1.29, 1.82) is 0 Å². The summed E-state index contributed by atoms with van der Waals surface area (Å²) >= 11 is 5.95. The van der Waals surface area contributed by atoms with E-state index in [1.54, 1.807) is 25.1 Å². The van der Waals surface area contributed by atoms with E-state index >= 15 is 0 Å². The van der Waals surface area contributed by atoms with Crippen LogP contribution in [0.25, 0.3) is 0 Å². The first-order chi connectivity index (χ1) is 8.90. The molecular formula is C13H16ClN3O2. The van der Waals surface area contributed by atoms with E-state index < -0.39 is 6.03 Å². The van der Waals surface area contributed by atoms with Gasteiger partial charge in [-0.2, -0.15) is 5.10 Å². The number of rotatable bonds is 4. The molecule has 0 atom stereocenters. The van der Waals surface area contributed by atoms with Crippen LogP contribution in [0.5, 0.6) is 0 Å². The predicted molar refractivity (Wildman–Crippen MR) is 76.8 cm³/mol. The molecule has 2 amide bonds. The van der Waals surface area contributed by atoms with Crippen molar-refractivity contribution in [3.63, 3.8) is 0 Å². The monoisotopic (exact) mass is 281 g/mol. The standard InChI is InChI=1S/C13H16ClN3O2/c1-8(7-9(2)18)16-17-13(19)15-12-6-4-5-11(14)10(12)3/h4-6H,7H2,1-3H3,(H2,15,17,19)/b16-8+. The Morgan fingerprint density at radius 2 is 2.00 bits per heavy atom. The van der Waals surface area contributed by atoms with Gasteiger partial charge >= 0.3 is 6.03 Å². The summed E-state index contributed by atoms with van der Waals surface area (Å²) in [5.41, 5.74) is 4.27. The van der Waals surface area contributed by atoms with Gasteiger partial charge in [-0.25, -0.2) is 10.2 Å². The Bertz CT molecular complexity index is 527. The fraction of sp³-hybridized carbons (Fsp3) is 0.308. The van der Waals surface area contributed by atoms with Gasteiger partial charge in [-0.1, -0.05) is 17.7 Å². The van der Waals surface area contributed by atoms with Gasteiger partial charge in [-0.3, -0.25) is 4.79 Å². The van der Waals surface area contributed by atoms with Gasteiger partial charge in [0.15, 0.2) is 0 Å². The Morgan fingerprint density at radius 3 is 2.63 bits per heavy atom. The van der Waals surface area contributed by atoms with Crippen molar-refractivity contribution in [2.24, 2.45) is 5.10 Å². The van der Waals surface area contributed by atoms with Crippen LogP contribution in [0.1, 0.15) is 25.8 Å². The van der Waals surface area contributed by atoms with Crippen LogP contribution < -0.4 is 10.7 Å². The summed E-state index contributed by atoms with van der Waals surface area (Å²) < 4.78 is 0. The second-order valence-corrected chi connectivity index (χ2v) is 4.61. The van der Waals surface area contributed by atoms with Crippen LogP contribution >= 0.6 is 11.6 Å². The zero-order valence-electron chi connectivity index (χ0n) is 11.1. The quantitative estimate of drug-likeness (QED) is 0.657. The maximum atomic E-state index is 11.6. The molecule has 2 N–H and O–H groups in total. The number of anilines is 1. The average molecular weight is 282 g/mol. The molecule has 1 aromatic carbocycles. The van der Waals surface area contributed by atoms with Crippen LogP contribution in [-0.4, -0.2) is 17.5 Å². The molecule has 1 rings (SSSR count). The molecule has 5 nitrogen and oxygen atoms in total. The smallest absolute Gasteiger partial charge is 0.306 e. The number of benzene rings is 1. The molecule has 0 saturated carbocycles. The molecule has 0 radical (unpaired) electrons. The lowest BCUT2D eigenvalue weighted by Gasteiger charge is -2.08. The Morgan fingerprint density at radius 1 is 1.32 bits per heavy atom. The molecule has 1 aromatic rings. The van der Waals surface area contributed by atoms with Crippen molar-refractivity contribution in [3.05, 3.63) is 28.8 Å². The molecule has 0 unspecified atom stereocenters. The lowest BCUT2D eigenvalue weighted by Crippen LogP contribution is -2.25. The molecule has 19 heavy (non-hydrogen) atoms. The number of hydrogen-bond acceptors (Lipinski definition) is 3. The number of Topliss-reactive ketones (excluding diaryl/α,β-unsaturated/α-hetero) is 1. The minimum Gasteiger partial charge on any atom is -0.306 e. The minimum absolute atomic E-state index is 0.00542. The summed E-state index contributed by atoms with van der Waals surface area (Å²) in [5, 5.41) is 7.02. The lowest BCUT2D eigenvalue weighted by atomic mass is 10.2. The van der Waals surface area contributed by atoms with Gasteiger partial charge in [0.05, 0.1) is 0 Å². The van der Waals surface area contributed by atoms with Crippen LogP contribution in [-0.2, 0) is 4.79 Å². The molecule has 6 heteroatoms. The Labute approximate surface area is 117 Å². The number of hydrazone groups is 1. The van der Waals surface area contributed by atoms with E-state index in [2.05, 4.69) is 15.8 Å². The first-order valence-corrected chi connectivity index (χ1v) is 6.12. The van der Waals surface area contributed by atoms with E-state index in [1.807, 2.05) is 6.92 Å². The fourth-order valence-corrected chi connectivity index (χ4v) is 1.61. The van der Waals surface area contributed by atoms with Gasteiger partial charge in [0.1, 0.15) is 5.78 Å². The number of carbonyl (C=O) groups excluding carboxylic acids is 2. The molecule has 0 bridgehead atoms. The zero-order chi connectivity index (χ0) is 14.4. The van der Waals surface area contributed by atoms with Gasteiger partial charge in [-0.05, 0) is 38.5 Å². The molecule has 0 heterocycles. The predicted octanol–water partition coefficient (Wildman–Crippen LogP) is 3.12. The van der Waals surface area contributed by atoms with Crippen molar-refractivity contribution >= 4 is 34.8 Å². The van der Waals surface area contributed by atoms with Crippen LogP contribution in [0.15, 0.2) is 23.3 Å². The van der Waals surface area contributed by atoms with Crippen molar-refractivity contribution in [3.8, 4) is 0 Å². The maximum Gasteiger partial charge on any atom is 0.339 e. The SMILES string of the molecule is CC(=O)C/C(C)=N/NC(=O)Nc1cccc(Cl)c1C. The molecular weight excluding hydrogens is 266 g/mol. The van der Waals surface area contributed by atoms with Crippen molar-refractivity contribution < 1.29 is 9.59 Å². The second kappa shape index (κ2) is 6.89. The van der Waals surface area contributed by atoms with Crippen LogP contribution in [0.3, 0.4) is 0 Å². The Kier molecular flexibility index (Phi) is 5.51. The van der Waals surface area contributed by atoms with Gasteiger partial charge < -0.3 is 5.32 Å². The molecule has 0 spiro atoms. The number of halogens is 1. The number of carbonyl (C=O) groups is 2. The van der Waals surface area contributed by atoms with Gasteiger partial charge in [0.25, 0.3) is 0 Å². The summed E-state index contributed by atoms with van der Waals surface area (Å²) in [4.78, 5) is 22.5. The Balaban J connectivity index is 2.61. The fourth-order valence-electron chi connectivity index (χ4n) is 1.44. The third-order valence-corrected chi connectivity index (χ3v) is 2.78. The summed E-state index contributed by atoms with van der Waals surface area (Å²) in [5.74, 6) is -0.00542. The number of ketones is 1. The van der Waals surface area contributed by atoms with E-state index in [9.17, 15) is 9.59 Å². The second-order valence-electron chi connectivity index (χ2n) is 4.20. The number of amides is 2. The molecule has 0 aromatic heterocycles. The van der Waals surface area contributed by atoms with Crippen LogP contribution in [0.4, 0.5) is 10.5 Å². The van der Waals surface area contributed by atoms with Crippen molar-refractivity contribution in [2.45, 2.75) is 27.2 Å². The largest absolute Gasteiger partial charge is 0.339 e. The van der Waals surface area contributed by atoms with Crippen molar-refractivity contribution in [2.75, 3.05) is 5.32 Å². The number of hydrogen-bond donors (Lipinski definition) is 2. The highest BCUT2D eigenvalue weighted by Crippen LogP contribution is 2.22. The topological polar surface area (TPSA) is 70.6 Å². The van der Waals surface area contributed by atoms with Crippen LogP contribution in [0.2, 0.25) is 5.02 Å². The zero-order valence-corrected chi connectivity index (χ0v) is 11.8. The normalized spacial score (nSPS) is 11.1. The molecule has 0 aliphatic heterocycles. The minimum atomic E-state index is -0.478. The van der Waals surface area contributed by atoms with Crippen LogP contribution in [0, 0.1) is 6.92 Å². The molecule has 0 aliphatic rings. The molecule has 0 aliphatic carbocycles. The molecule has 0 fully saturated rings. The third kappa shape index (κ3) is 5.09. The number of nitrogens with one attached hydrogen (secondary N) is 2. The van der Waals surface area contributed by atoms with Gasteiger partial charge in [0.2, 0.25) is 0 Å². The number of urea groups is 1. The third-order valence-electron chi connectivity index (χ3n) is 2.37. The first kappa shape index (κ1) is 15.2.